The molecule has 0 amide bonds. The summed E-state index contributed by atoms with van der Waals surface area (Å²) < 4.78 is 5.75. The van der Waals surface area contributed by atoms with Gasteiger partial charge in [-0.25, -0.2) is 0 Å². The summed E-state index contributed by atoms with van der Waals surface area (Å²) in [6.07, 6.45) is 0. The molecule has 3 aromatic rings. The van der Waals surface area contributed by atoms with Crippen molar-refractivity contribution in [2.45, 2.75) is 5.38 Å². The largest absolute Gasteiger partial charge is 0.458 e. The van der Waals surface area contributed by atoms with Gasteiger partial charge in [-0.2, -0.15) is 0 Å². The second-order valence-corrected chi connectivity index (χ2v) is 5.51. The number of hydrogen-bond acceptors (Lipinski definition) is 1. The second-order valence-electron chi connectivity index (χ2n) is 4.23. The summed E-state index contributed by atoms with van der Waals surface area (Å²) in [5.74, 6) is 0.659. The Hall–Kier alpha value is -1.15. The molecule has 0 N–H and O–H groups in total. The molecule has 0 saturated heterocycles. The monoisotopic (exact) mass is 310 g/mol. The zero-order chi connectivity index (χ0) is 13.4. The molecule has 0 aliphatic rings. The van der Waals surface area contributed by atoms with Crippen molar-refractivity contribution in [1.82, 2.24) is 0 Å². The molecule has 4 heteroatoms. The lowest BCUT2D eigenvalue weighted by Gasteiger charge is -2.05. The average molecular weight is 312 g/mol. The minimum Gasteiger partial charge on any atom is -0.458 e. The summed E-state index contributed by atoms with van der Waals surface area (Å²) in [5.41, 5.74) is 1.59. The molecule has 0 spiro atoms. The molecule has 96 valence electrons. The minimum atomic E-state index is -0.344. The van der Waals surface area contributed by atoms with Gasteiger partial charge in [0.05, 0.1) is 5.02 Å². The molecule has 1 unspecified atom stereocenters. The van der Waals surface area contributed by atoms with E-state index in [4.69, 9.17) is 39.2 Å². The van der Waals surface area contributed by atoms with E-state index in [0.29, 0.717) is 21.4 Å². The number of benzene rings is 2. The first-order valence-electron chi connectivity index (χ1n) is 5.72. The van der Waals surface area contributed by atoms with Crippen molar-refractivity contribution in [1.29, 1.82) is 0 Å². The van der Waals surface area contributed by atoms with Gasteiger partial charge in [-0.05, 0) is 23.8 Å². The van der Waals surface area contributed by atoms with Crippen LogP contribution in [0.15, 0.2) is 52.9 Å². The third kappa shape index (κ3) is 2.46. The first-order valence-corrected chi connectivity index (χ1v) is 6.92. The SMILES string of the molecule is Clc1cc(Cl)c2oc(C(Cl)c3ccccc3)cc2c1. The fourth-order valence-corrected chi connectivity index (χ4v) is 2.81. The summed E-state index contributed by atoms with van der Waals surface area (Å²) in [6.45, 7) is 0. The summed E-state index contributed by atoms with van der Waals surface area (Å²) in [4.78, 5) is 0. The van der Waals surface area contributed by atoms with Crippen LogP contribution in [0, 0.1) is 0 Å². The van der Waals surface area contributed by atoms with Crippen LogP contribution in [0.4, 0.5) is 0 Å². The molecule has 0 saturated carbocycles. The van der Waals surface area contributed by atoms with Crippen molar-refractivity contribution < 1.29 is 4.42 Å². The summed E-state index contributed by atoms with van der Waals surface area (Å²) in [6, 6.07) is 15.1. The number of alkyl halides is 1. The number of fused-ring (bicyclic) bond motifs is 1. The molecule has 0 bridgehead atoms. The molecule has 19 heavy (non-hydrogen) atoms. The Morgan fingerprint density at radius 2 is 1.68 bits per heavy atom. The van der Waals surface area contributed by atoms with Gasteiger partial charge in [0.25, 0.3) is 0 Å². The lowest BCUT2D eigenvalue weighted by molar-refractivity contribution is 0.557. The zero-order valence-corrected chi connectivity index (χ0v) is 12.0. The van der Waals surface area contributed by atoms with Crippen LogP contribution in [0.25, 0.3) is 11.0 Å². The Morgan fingerprint density at radius 3 is 2.42 bits per heavy atom. The molecule has 1 nitrogen and oxygen atoms in total. The van der Waals surface area contributed by atoms with Crippen LogP contribution in [0.3, 0.4) is 0 Å². The van der Waals surface area contributed by atoms with Crippen molar-refractivity contribution >= 4 is 45.8 Å². The molecule has 0 aliphatic heterocycles. The van der Waals surface area contributed by atoms with Gasteiger partial charge in [0, 0.05) is 10.4 Å². The van der Waals surface area contributed by atoms with Crippen molar-refractivity contribution in [2.75, 3.05) is 0 Å². The smallest absolute Gasteiger partial charge is 0.153 e. The lowest BCUT2D eigenvalue weighted by Crippen LogP contribution is -1.89. The third-order valence-corrected chi connectivity index (χ3v) is 3.86. The maximum Gasteiger partial charge on any atom is 0.153 e. The van der Waals surface area contributed by atoms with Gasteiger partial charge in [-0.15, -0.1) is 11.6 Å². The van der Waals surface area contributed by atoms with E-state index in [1.54, 1.807) is 6.07 Å². The van der Waals surface area contributed by atoms with Crippen molar-refractivity contribution in [3.63, 3.8) is 0 Å². The van der Waals surface area contributed by atoms with Gasteiger partial charge >= 0.3 is 0 Å². The van der Waals surface area contributed by atoms with E-state index in [2.05, 4.69) is 0 Å². The van der Waals surface area contributed by atoms with Crippen molar-refractivity contribution in [3.05, 3.63) is 69.9 Å². The second kappa shape index (κ2) is 5.09. The highest BCUT2D eigenvalue weighted by atomic mass is 35.5. The minimum absolute atomic E-state index is 0.344. The molecule has 2 aromatic carbocycles. The molecular formula is C15H9Cl3O. The molecule has 1 heterocycles. The highest BCUT2D eigenvalue weighted by Gasteiger charge is 2.17. The van der Waals surface area contributed by atoms with Crippen LogP contribution in [0.2, 0.25) is 10.0 Å². The lowest BCUT2D eigenvalue weighted by atomic mass is 10.1. The Balaban J connectivity index is 2.09. The molecule has 3 rings (SSSR count). The Morgan fingerprint density at radius 1 is 0.947 bits per heavy atom. The van der Waals surface area contributed by atoms with Crippen LogP contribution >= 0.6 is 34.8 Å². The van der Waals surface area contributed by atoms with E-state index in [0.717, 1.165) is 10.9 Å². The maximum absolute atomic E-state index is 6.43. The molecular weight excluding hydrogens is 303 g/mol. The van der Waals surface area contributed by atoms with Gasteiger partial charge in [0.15, 0.2) is 5.58 Å². The fourth-order valence-electron chi connectivity index (χ4n) is 2.01. The topological polar surface area (TPSA) is 13.1 Å². The fraction of sp³-hybridized carbons (Fsp3) is 0.0667. The number of hydrogen-bond donors (Lipinski definition) is 0. The van der Waals surface area contributed by atoms with Crippen LogP contribution in [-0.2, 0) is 0 Å². The summed E-state index contributed by atoms with van der Waals surface area (Å²) in [7, 11) is 0. The molecule has 0 aliphatic carbocycles. The number of furan rings is 1. The van der Waals surface area contributed by atoms with Crippen LogP contribution in [0.1, 0.15) is 16.7 Å². The first kappa shape index (κ1) is 12.9. The molecule has 0 radical (unpaired) electrons. The highest BCUT2D eigenvalue weighted by molar-refractivity contribution is 6.38. The zero-order valence-electron chi connectivity index (χ0n) is 9.74. The van der Waals surface area contributed by atoms with E-state index in [1.165, 1.54) is 0 Å². The van der Waals surface area contributed by atoms with E-state index in [9.17, 15) is 0 Å². The summed E-state index contributed by atoms with van der Waals surface area (Å²) in [5, 5.41) is 1.58. The number of rotatable bonds is 2. The predicted octanol–water partition coefficient (Wildman–Crippen LogP) is 6.07. The molecule has 1 aromatic heterocycles. The summed E-state index contributed by atoms with van der Waals surface area (Å²) >= 11 is 18.5. The highest BCUT2D eigenvalue weighted by Crippen LogP contribution is 2.36. The van der Waals surface area contributed by atoms with Gasteiger partial charge in [-0.3, -0.25) is 0 Å². The number of halogens is 3. The van der Waals surface area contributed by atoms with Gasteiger partial charge in [-0.1, -0.05) is 53.5 Å². The maximum atomic E-state index is 6.43. The van der Waals surface area contributed by atoms with E-state index in [-0.39, 0.29) is 5.38 Å². The average Bonchev–Trinajstić information content (AvgIpc) is 2.83. The normalized spacial score (nSPS) is 12.8. The third-order valence-electron chi connectivity index (χ3n) is 2.90. The van der Waals surface area contributed by atoms with E-state index >= 15 is 0 Å². The molecule has 0 fully saturated rings. The van der Waals surface area contributed by atoms with Gasteiger partial charge in [0.2, 0.25) is 0 Å². The predicted molar refractivity (Wildman–Crippen MR) is 80.4 cm³/mol. The van der Waals surface area contributed by atoms with E-state index in [1.807, 2.05) is 42.5 Å². The van der Waals surface area contributed by atoms with Gasteiger partial charge in [0.1, 0.15) is 11.1 Å². The molecule has 1 atom stereocenters. The van der Waals surface area contributed by atoms with Crippen LogP contribution < -0.4 is 0 Å². The quantitative estimate of drug-likeness (QED) is 0.524. The Kier molecular flexibility index (Phi) is 3.44. The van der Waals surface area contributed by atoms with Crippen molar-refractivity contribution in [2.24, 2.45) is 0 Å². The Bertz CT molecular complexity index is 719. The standard InChI is InChI=1S/C15H9Cl3O/c16-11-6-10-7-13(19-15(10)12(17)8-11)14(18)9-4-2-1-3-5-9/h1-8,14H. The van der Waals surface area contributed by atoms with E-state index < -0.39 is 0 Å². The van der Waals surface area contributed by atoms with Crippen LogP contribution in [0.5, 0.6) is 0 Å². The van der Waals surface area contributed by atoms with Gasteiger partial charge < -0.3 is 4.42 Å². The van der Waals surface area contributed by atoms with Crippen LogP contribution in [-0.4, -0.2) is 0 Å². The first-order chi connectivity index (χ1) is 9.15. The Labute approximate surface area is 125 Å². The van der Waals surface area contributed by atoms with Crippen molar-refractivity contribution in [3.8, 4) is 0 Å².